The highest BCUT2D eigenvalue weighted by Crippen LogP contribution is 2.22. The van der Waals surface area contributed by atoms with Crippen molar-refractivity contribution >= 4 is 39.2 Å². The van der Waals surface area contributed by atoms with Crippen molar-refractivity contribution in [1.82, 2.24) is 0 Å². The van der Waals surface area contributed by atoms with E-state index in [2.05, 4.69) is 14.8 Å². The Kier molecular flexibility index (Phi) is 8.19. The summed E-state index contributed by atoms with van der Waals surface area (Å²) in [7, 11) is -1.01. The maximum Gasteiger partial charge on any atom is 0.337 e. The molecule has 0 radical (unpaired) electrons. The Bertz CT molecular complexity index is 1060. The van der Waals surface area contributed by atoms with E-state index in [1.54, 1.807) is 31.2 Å². The van der Waals surface area contributed by atoms with E-state index in [0.29, 0.717) is 11.4 Å². The number of hydrogen-bond donors (Lipinski definition) is 1. The van der Waals surface area contributed by atoms with Crippen LogP contribution in [0.2, 0.25) is 0 Å². The topological polar surface area (TPSA) is 128 Å². The van der Waals surface area contributed by atoms with Crippen molar-refractivity contribution in [2.45, 2.75) is 6.92 Å². The number of nitrogens with one attached hydrogen (secondary N) is 1. The van der Waals surface area contributed by atoms with Gasteiger partial charge in [-0.3, -0.25) is 9.10 Å². The van der Waals surface area contributed by atoms with E-state index in [1.807, 2.05) is 0 Å². The van der Waals surface area contributed by atoms with Crippen LogP contribution in [0.15, 0.2) is 42.5 Å². The van der Waals surface area contributed by atoms with Gasteiger partial charge in [0.25, 0.3) is 5.91 Å². The fourth-order valence-corrected chi connectivity index (χ4v) is 3.81. The minimum Gasteiger partial charge on any atom is -0.484 e. The molecule has 0 unspecified atom stereocenters. The number of hydrogen-bond acceptors (Lipinski definition) is 8. The van der Waals surface area contributed by atoms with E-state index in [0.717, 1.165) is 6.26 Å². The van der Waals surface area contributed by atoms with E-state index in [1.165, 1.54) is 36.7 Å². The molecular formula is C21H24N2O8S. The number of rotatable bonds is 9. The second-order valence-electron chi connectivity index (χ2n) is 6.54. The monoisotopic (exact) mass is 464 g/mol. The van der Waals surface area contributed by atoms with Crippen LogP contribution in [-0.4, -0.2) is 59.9 Å². The van der Waals surface area contributed by atoms with E-state index in [-0.39, 0.29) is 30.0 Å². The van der Waals surface area contributed by atoms with Gasteiger partial charge in [0.2, 0.25) is 10.0 Å². The third kappa shape index (κ3) is 6.45. The molecule has 2 aromatic carbocycles. The summed E-state index contributed by atoms with van der Waals surface area (Å²) in [6.45, 7) is 1.63. The first-order valence-corrected chi connectivity index (χ1v) is 11.3. The van der Waals surface area contributed by atoms with E-state index < -0.39 is 27.9 Å². The Hall–Kier alpha value is -3.60. The fourth-order valence-electron chi connectivity index (χ4n) is 2.83. The zero-order valence-electron chi connectivity index (χ0n) is 18.1. The molecule has 2 aromatic rings. The summed E-state index contributed by atoms with van der Waals surface area (Å²) in [5.74, 6) is -1.55. The van der Waals surface area contributed by atoms with E-state index in [4.69, 9.17) is 4.74 Å². The third-order valence-electron chi connectivity index (χ3n) is 4.24. The van der Waals surface area contributed by atoms with Crippen LogP contribution in [0.5, 0.6) is 5.75 Å². The molecule has 0 aliphatic heterocycles. The highest BCUT2D eigenvalue weighted by atomic mass is 32.2. The average Bonchev–Trinajstić information content (AvgIpc) is 2.76. The Morgan fingerprint density at radius 2 is 1.47 bits per heavy atom. The third-order valence-corrected chi connectivity index (χ3v) is 5.51. The summed E-state index contributed by atoms with van der Waals surface area (Å²) in [6, 6.07) is 10.2. The smallest absolute Gasteiger partial charge is 0.337 e. The minimum atomic E-state index is -3.40. The van der Waals surface area contributed by atoms with Gasteiger partial charge in [0.05, 0.1) is 37.3 Å². The maximum absolute atomic E-state index is 12.3. The highest BCUT2D eigenvalue weighted by molar-refractivity contribution is 7.92. The number of ether oxygens (including phenoxy) is 3. The molecule has 172 valence electrons. The summed E-state index contributed by atoms with van der Waals surface area (Å²) in [5, 5.41) is 2.54. The van der Waals surface area contributed by atoms with Crippen molar-refractivity contribution in [2.24, 2.45) is 0 Å². The molecule has 0 saturated heterocycles. The van der Waals surface area contributed by atoms with Crippen LogP contribution in [0.25, 0.3) is 0 Å². The highest BCUT2D eigenvalue weighted by Gasteiger charge is 2.16. The lowest BCUT2D eigenvalue weighted by molar-refractivity contribution is -0.118. The van der Waals surface area contributed by atoms with Crippen molar-refractivity contribution in [1.29, 1.82) is 0 Å². The number of sulfonamides is 1. The molecule has 11 heteroatoms. The van der Waals surface area contributed by atoms with Gasteiger partial charge in [-0.2, -0.15) is 0 Å². The zero-order valence-corrected chi connectivity index (χ0v) is 18.9. The van der Waals surface area contributed by atoms with Gasteiger partial charge in [0.1, 0.15) is 5.75 Å². The van der Waals surface area contributed by atoms with Gasteiger partial charge in [-0.15, -0.1) is 0 Å². The second kappa shape index (κ2) is 10.6. The van der Waals surface area contributed by atoms with Gasteiger partial charge in [0.15, 0.2) is 6.61 Å². The maximum atomic E-state index is 12.3. The molecule has 0 fully saturated rings. The van der Waals surface area contributed by atoms with Crippen LogP contribution in [0.1, 0.15) is 27.6 Å². The fraction of sp³-hybridized carbons (Fsp3) is 0.286. The molecule has 0 aliphatic rings. The first-order valence-electron chi connectivity index (χ1n) is 9.41. The summed E-state index contributed by atoms with van der Waals surface area (Å²) in [4.78, 5) is 35.9. The van der Waals surface area contributed by atoms with Gasteiger partial charge in [-0.05, 0) is 49.4 Å². The van der Waals surface area contributed by atoms with Gasteiger partial charge < -0.3 is 19.5 Å². The van der Waals surface area contributed by atoms with Crippen LogP contribution >= 0.6 is 0 Å². The van der Waals surface area contributed by atoms with Gasteiger partial charge in [-0.25, -0.2) is 18.0 Å². The molecule has 2 rings (SSSR count). The van der Waals surface area contributed by atoms with Crippen LogP contribution in [0.4, 0.5) is 11.4 Å². The molecular weight excluding hydrogens is 440 g/mol. The largest absolute Gasteiger partial charge is 0.484 e. The second-order valence-corrected chi connectivity index (χ2v) is 8.45. The molecule has 0 heterocycles. The average molecular weight is 464 g/mol. The first-order chi connectivity index (χ1) is 15.1. The molecule has 0 saturated carbocycles. The quantitative estimate of drug-likeness (QED) is 0.559. The van der Waals surface area contributed by atoms with Crippen molar-refractivity contribution in [3.63, 3.8) is 0 Å². The molecule has 1 N–H and O–H groups in total. The van der Waals surface area contributed by atoms with Crippen molar-refractivity contribution in [3.05, 3.63) is 53.6 Å². The van der Waals surface area contributed by atoms with Crippen LogP contribution in [0, 0.1) is 0 Å². The molecule has 0 atom stereocenters. The van der Waals surface area contributed by atoms with Gasteiger partial charge in [-0.1, -0.05) is 0 Å². The first kappa shape index (κ1) is 24.7. The predicted octanol–water partition coefficient (Wildman–Crippen LogP) is 2.06. The Balaban J connectivity index is 2.08. The van der Waals surface area contributed by atoms with E-state index in [9.17, 15) is 22.8 Å². The van der Waals surface area contributed by atoms with E-state index >= 15 is 0 Å². The Labute approximate surface area is 186 Å². The Morgan fingerprint density at radius 3 is 1.91 bits per heavy atom. The number of nitrogens with zero attached hydrogens (tertiary/aromatic N) is 1. The number of benzene rings is 2. The molecule has 0 aliphatic carbocycles. The minimum absolute atomic E-state index is 0.0635. The summed E-state index contributed by atoms with van der Waals surface area (Å²) >= 11 is 0. The summed E-state index contributed by atoms with van der Waals surface area (Å²) in [5.41, 5.74) is 0.785. The van der Waals surface area contributed by atoms with Gasteiger partial charge in [0, 0.05) is 12.2 Å². The number of carbonyl (C=O) groups excluding carboxylic acids is 3. The zero-order chi connectivity index (χ0) is 23.9. The number of methoxy groups -OCH3 is 2. The van der Waals surface area contributed by atoms with Gasteiger partial charge >= 0.3 is 11.9 Å². The molecule has 10 nitrogen and oxygen atoms in total. The molecule has 0 spiro atoms. The SMILES string of the molecule is CCN(c1ccc(OCC(=O)Nc2cc(C(=O)OC)cc(C(=O)OC)c2)cc1)S(C)(=O)=O. The van der Waals surface area contributed by atoms with Crippen LogP contribution < -0.4 is 14.4 Å². The van der Waals surface area contributed by atoms with Crippen LogP contribution in [0.3, 0.4) is 0 Å². The lowest BCUT2D eigenvalue weighted by Crippen LogP contribution is -2.29. The number of anilines is 2. The lowest BCUT2D eigenvalue weighted by atomic mass is 10.1. The number of carbonyl (C=O) groups is 3. The van der Waals surface area contributed by atoms with Crippen molar-refractivity contribution < 1.29 is 37.0 Å². The molecule has 32 heavy (non-hydrogen) atoms. The summed E-state index contributed by atoms with van der Waals surface area (Å²) < 4.78 is 39.6. The summed E-state index contributed by atoms with van der Waals surface area (Å²) in [6.07, 6.45) is 1.12. The lowest BCUT2D eigenvalue weighted by Gasteiger charge is -2.20. The van der Waals surface area contributed by atoms with Crippen LogP contribution in [-0.2, 0) is 24.3 Å². The van der Waals surface area contributed by atoms with Crippen molar-refractivity contribution in [2.75, 3.05) is 43.2 Å². The predicted molar refractivity (Wildman–Crippen MR) is 118 cm³/mol. The normalized spacial score (nSPS) is 10.8. The molecule has 0 bridgehead atoms. The molecule has 0 aromatic heterocycles. The standard InChI is InChI=1S/C21H24N2O8S/c1-5-23(32(4,27)28)17-6-8-18(9-7-17)31-13-19(24)22-16-11-14(20(25)29-2)10-15(12-16)21(26)30-3/h6-12H,5,13H2,1-4H3,(H,22,24). The number of amides is 1. The van der Waals surface area contributed by atoms with Crippen molar-refractivity contribution in [3.8, 4) is 5.75 Å². The Morgan fingerprint density at radius 1 is 0.938 bits per heavy atom. The molecule has 1 amide bonds. The number of esters is 2.